The SMILES string of the molecule is CC(CC(=O)O)NC(=O)OC(C)(C)C.CCCCCCN.CCCCCN.CCCCN.CCCN.CCc1c(F)cccc1Cl.CCc1ccc(C)o1.CCc1ccc(CO)o1.CCc1ccc([N+](=O)[O-])o1.Cc1ccc(CN)cc1.Cc1ccc(N)cc1.Cc1cccc(C(=O)NO)c1. The molecular weight excluding hydrogens is 1310 g/mol. The summed E-state index contributed by atoms with van der Waals surface area (Å²) in [6.45, 7) is 35.2. The highest BCUT2D eigenvalue weighted by Gasteiger charge is 2.18. The van der Waals surface area contributed by atoms with Gasteiger partial charge in [-0.2, -0.15) is 0 Å². The molecule has 23 heteroatoms. The van der Waals surface area contributed by atoms with Crippen LogP contribution in [0.5, 0.6) is 0 Å². The summed E-state index contributed by atoms with van der Waals surface area (Å²) < 4.78 is 32.9. The summed E-state index contributed by atoms with van der Waals surface area (Å²) in [6.07, 6.45) is 14.9. The van der Waals surface area contributed by atoms with Gasteiger partial charge in [0.2, 0.25) is 0 Å². The van der Waals surface area contributed by atoms with Gasteiger partial charge in [0, 0.05) is 53.7 Å². The topological polar surface area (TPSA) is 384 Å². The number of benzene rings is 4. The summed E-state index contributed by atoms with van der Waals surface area (Å²) in [6, 6.07) is 37.9. The minimum absolute atomic E-state index is 0. The number of nitrogens with one attached hydrogen (secondary N) is 2. The third-order valence-corrected chi connectivity index (χ3v) is 13.1. The molecule has 7 aromatic rings. The number of hydroxylamine groups is 1. The first-order chi connectivity index (χ1) is 47.9. The van der Waals surface area contributed by atoms with E-state index in [1.54, 1.807) is 75.6 Å². The van der Waals surface area contributed by atoms with Crippen LogP contribution in [0.1, 0.15) is 221 Å². The lowest BCUT2D eigenvalue weighted by molar-refractivity contribution is -0.402. The van der Waals surface area contributed by atoms with E-state index in [2.05, 4.69) is 71.1 Å². The van der Waals surface area contributed by atoms with Gasteiger partial charge in [0.05, 0.1) is 12.5 Å². The lowest BCUT2D eigenvalue weighted by atomic mass is 10.1. The number of carboxylic acid groups (broad SMARTS) is 1. The van der Waals surface area contributed by atoms with E-state index in [1.807, 2.05) is 90.1 Å². The fourth-order valence-electron chi connectivity index (χ4n) is 7.03. The second-order valence-electron chi connectivity index (χ2n) is 23.5. The molecule has 1 atom stereocenters. The van der Waals surface area contributed by atoms with Crippen LogP contribution in [0.4, 0.5) is 20.8 Å². The standard InChI is InChI=1S/C9H17NO4.C8H8ClF.C8H9NO2.C8H11N.C7H9N.C7H10O2.C7H10O.C6H7NO3.C6H15N.C5H13N.C4H11N.C3H9N/c1-6(5-7(11)12)10-8(13)14-9(2,3)4;1-2-6-7(9)4-3-5-8(6)10;1-6-3-2-4-7(5-6)8(10)9-11;1-7-2-4-8(6-9)5-3-7;1-6-2-4-7(8)5-3-6;1-2-6-3-4-7(5-8)9-6;1-3-7-5-4-6(2)8-7;1-2-5-3-4-6(10-5)7(8)9;1-2-3-4-5-6-7;1-2-3-4-5-6;1-2-3-4-5;1-2-3-4/h6H,5H2,1-4H3,(H,10,13)(H,11,12);3-5H,2H2,1H3;2-5,11H,1H3,(H,9,10);2-5H,6,9H2,1H3;2-5H,8H2,1H3;3-4,8H,2,5H2,1H3;4-5H,3H2,1-2H3;3-4H,2H2,1H3;2-7H2,1H3;2-6H2,1H3;2-5H2,1H3;2-4H2,1H3. The number of carbonyl (C=O) groups is 3. The van der Waals surface area contributed by atoms with Crippen molar-refractivity contribution in [2.75, 3.05) is 31.9 Å². The van der Waals surface area contributed by atoms with E-state index in [-0.39, 0.29) is 24.7 Å². The van der Waals surface area contributed by atoms with Gasteiger partial charge in [-0.1, -0.05) is 177 Å². The molecule has 0 aliphatic rings. The summed E-state index contributed by atoms with van der Waals surface area (Å²) in [5.41, 5.74) is 39.1. The molecule has 21 nitrogen and oxygen atoms in total. The molecule has 2 amide bonds. The van der Waals surface area contributed by atoms with Crippen LogP contribution < -0.4 is 45.2 Å². The maximum atomic E-state index is 12.8. The average molecular weight is 1440 g/mol. The van der Waals surface area contributed by atoms with Crippen LogP contribution in [0, 0.1) is 43.6 Å². The number of carbonyl (C=O) groups excluding carboxylic acids is 2. The Labute approximate surface area is 609 Å². The molecule has 1 unspecified atom stereocenters. The first-order valence-electron chi connectivity index (χ1n) is 34.9. The van der Waals surface area contributed by atoms with Gasteiger partial charge in [0.25, 0.3) is 5.91 Å². The van der Waals surface area contributed by atoms with Crippen molar-refractivity contribution < 1.29 is 57.1 Å². The van der Waals surface area contributed by atoms with Gasteiger partial charge in [-0.05, 0) is 186 Å². The number of furan rings is 3. The fraction of sp³-hybridized carbons (Fsp3) is 0.500. The maximum Gasteiger partial charge on any atom is 0.433 e. The zero-order valence-electron chi connectivity index (χ0n) is 63.7. The first kappa shape index (κ1) is 102. The highest BCUT2D eigenvalue weighted by atomic mass is 35.5. The molecule has 17 N–H and O–H groups in total. The average Bonchev–Trinajstić information content (AvgIpc) is 1.76. The van der Waals surface area contributed by atoms with E-state index in [0.29, 0.717) is 47.1 Å². The number of rotatable bonds is 21. The number of hydrogen-bond acceptors (Lipinski definition) is 17. The van der Waals surface area contributed by atoms with Crippen molar-refractivity contribution >= 4 is 41.1 Å². The predicted molar refractivity (Wildman–Crippen MR) is 414 cm³/mol. The van der Waals surface area contributed by atoms with Crippen LogP contribution in [0.3, 0.4) is 0 Å². The number of aryl methyl sites for hydroxylation is 7. The molecule has 0 saturated heterocycles. The molecule has 0 aliphatic heterocycles. The third kappa shape index (κ3) is 64.0. The Kier molecular flexibility index (Phi) is 68.4. The minimum atomic E-state index is -0.950. The molecule has 3 aromatic heterocycles. The number of aliphatic carboxylic acids is 1. The second kappa shape index (κ2) is 67.9. The molecule has 0 radical (unpaired) electrons. The van der Waals surface area contributed by atoms with Crippen molar-refractivity contribution in [1.29, 1.82) is 0 Å². The second-order valence-corrected chi connectivity index (χ2v) is 23.9. The summed E-state index contributed by atoms with van der Waals surface area (Å²) in [5, 5.41) is 38.3. The number of nitrogens with two attached hydrogens (primary N) is 6. The van der Waals surface area contributed by atoms with Gasteiger partial charge in [0.15, 0.2) is 0 Å². The van der Waals surface area contributed by atoms with Crippen LogP contribution in [0.2, 0.25) is 5.02 Å². The maximum absolute atomic E-state index is 12.8. The van der Waals surface area contributed by atoms with Crippen LogP contribution in [-0.2, 0) is 48.4 Å². The zero-order valence-corrected chi connectivity index (χ0v) is 64.5. The number of anilines is 1. The van der Waals surface area contributed by atoms with E-state index < -0.39 is 34.5 Å². The lowest BCUT2D eigenvalue weighted by Crippen LogP contribution is -2.38. The Morgan fingerprint density at radius 1 is 0.604 bits per heavy atom. The molecule has 3 heterocycles. The summed E-state index contributed by atoms with van der Waals surface area (Å²) in [5.74, 6) is 2.47. The Bertz CT molecular complexity index is 3010. The van der Waals surface area contributed by atoms with Crippen molar-refractivity contribution in [1.82, 2.24) is 10.8 Å². The Morgan fingerprint density at radius 3 is 1.41 bits per heavy atom. The fourth-order valence-corrected chi connectivity index (χ4v) is 7.33. The summed E-state index contributed by atoms with van der Waals surface area (Å²) in [4.78, 5) is 41.7. The molecule has 4 aromatic carbocycles. The number of aliphatic hydroxyl groups is 1. The molecule has 0 fully saturated rings. The number of ether oxygens (including phenoxy) is 1. The number of halogens is 2. The number of carboxylic acids is 1. The van der Waals surface area contributed by atoms with Gasteiger partial charge in [-0.25, -0.2) is 14.7 Å². The molecular formula is C78H129ClFN9O12. The Balaban J connectivity index is -0.000000335. The number of amides is 2. The third-order valence-electron chi connectivity index (χ3n) is 12.7. The van der Waals surface area contributed by atoms with Crippen molar-refractivity contribution in [3.05, 3.63) is 211 Å². The Morgan fingerprint density at radius 2 is 1.08 bits per heavy atom. The van der Waals surface area contributed by atoms with Crippen molar-refractivity contribution in [2.24, 2.45) is 28.7 Å². The minimum Gasteiger partial charge on any atom is -0.481 e. The van der Waals surface area contributed by atoms with E-state index in [9.17, 15) is 28.9 Å². The van der Waals surface area contributed by atoms with Gasteiger partial charge in [-0.3, -0.25) is 24.9 Å². The monoisotopic (exact) mass is 1440 g/mol. The molecule has 0 spiro atoms. The summed E-state index contributed by atoms with van der Waals surface area (Å²) >= 11 is 5.69. The van der Waals surface area contributed by atoms with Crippen molar-refractivity contribution in [3.63, 3.8) is 0 Å². The largest absolute Gasteiger partial charge is 0.481 e. The van der Waals surface area contributed by atoms with Crippen molar-refractivity contribution in [3.8, 4) is 0 Å². The molecule has 0 saturated carbocycles. The van der Waals surface area contributed by atoms with E-state index in [4.69, 9.17) is 79.4 Å². The smallest absolute Gasteiger partial charge is 0.433 e. The molecule has 7 rings (SSSR count). The van der Waals surface area contributed by atoms with Gasteiger partial charge < -0.3 is 67.9 Å². The zero-order chi connectivity index (χ0) is 78.0. The van der Waals surface area contributed by atoms with Gasteiger partial charge in [0.1, 0.15) is 51.7 Å². The predicted octanol–water partition coefficient (Wildman–Crippen LogP) is 17.6. The number of nitrogens with zero attached hydrogens (tertiary/aromatic N) is 1. The van der Waals surface area contributed by atoms with E-state index >= 15 is 0 Å². The number of hydrogen-bond donors (Lipinski definition) is 11. The van der Waals surface area contributed by atoms with Gasteiger partial charge >= 0.3 is 17.9 Å². The van der Waals surface area contributed by atoms with Crippen LogP contribution in [0.15, 0.2) is 141 Å². The number of aliphatic hydroxyl groups excluding tert-OH is 1. The first-order valence-corrected chi connectivity index (χ1v) is 35.3. The molecule has 572 valence electrons. The molecule has 0 bridgehead atoms. The van der Waals surface area contributed by atoms with E-state index in [1.165, 1.54) is 86.6 Å². The highest BCUT2D eigenvalue weighted by Crippen LogP contribution is 2.19. The summed E-state index contributed by atoms with van der Waals surface area (Å²) in [7, 11) is 0. The number of nitrogen functional groups attached to an aromatic ring is 1. The Hall–Kier alpha value is -7.93. The van der Waals surface area contributed by atoms with Gasteiger partial charge in [-0.15, -0.1) is 0 Å². The number of unbranched alkanes of at least 4 members (excludes halogenated alkanes) is 6. The van der Waals surface area contributed by atoms with Crippen LogP contribution >= 0.6 is 11.6 Å². The highest BCUT2D eigenvalue weighted by molar-refractivity contribution is 6.31. The van der Waals surface area contributed by atoms with Crippen LogP contribution in [0.25, 0.3) is 0 Å². The molecule has 101 heavy (non-hydrogen) atoms. The number of nitro groups is 1. The van der Waals surface area contributed by atoms with Crippen molar-refractivity contribution in [2.45, 2.75) is 232 Å². The van der Waals surface area contributed by atoms with Crippen LogP contribution in [-0.4, -0.2) is 76.1 Å². The lowest BCUT2D eigenvalue weighted by Gasteiger charge is -2.21. The number of alkyl carbamates (subject to hydrolysis) is 1. The molecule has 0 aliphatic carbocycles. The normalized spacial score (nSPS) is 9.91. The quantitative estimate of drug-likeness (QED) is 0.0105. The van der Waals surface area contributed by atoms with E-state index in [0.717, 1.165) is 74.0 Å².